The number of ether oxygens (including phenoxy) is 1. The van der Waals surface area contributed by atoms with Crippen LogP contribution in [0.1, 0.15) is 62.0 Å². The second-order valence-corrected chi connectivity index (χ2v) is 12.1. The van der Waals surface area contributed by atoms with E-state index in [1.165, 1.54) is 16.5 Å². The molecule has 0 amide bonds. The van der Waals surface area contributed by atoms with Crippen LogP contribution in [0.5, 0.6) is 0 Å². The summed E-state index contributed by atoms with van der Waals surface area (Å²) in [6.07, 6.45) is 2.22. The summed E-state index contributed by atoms with van der Waals surface area (Å²) in [5.74, 6) is -0.561. The van der Waals surface area contributed by atoms with Crippen molar-refractivity contribution < 1.29 is 23.2 Å². The number of hydrogen-bond donors (Lipinski definition) is 1. The third kappa shape index (κ3) is 6.67. The molecule has 0 unspecified atom stereocenters. The average molecular weight is 492 g/mol. The molecule has 0 aromatic heterocycles. The number of hydrogen-bond acceptors (Lipinski definition) is 6. The fraction of sp³-hybridized carbons (Fsp3) is 0.400. The van der Waals surface area contributed by atoms with Gasteiger partial charge < -0.3 is 9.94 Å². The molecular weight excluding hydrogens is 462 g/mol. The molecule has 33 heavy (non-hydrogen) atoms. The number of halogens is 1. The van der Waals surface area contributed by atoms with Crippen molar-refractivity contribution in [3.63, 3.8) is 0 Å². The summed E-state index contributed by atoms with van der Waals surface area (Å²) in [7, 11) is -3.46. The van der Waals surface area contributed by atoms with Gasteiger partial charge in [0.15, 0.2) is 9.84 Å². The molecule has 1 N–H and O–H groups in total. The molecule has 0 atom stereocenters. The Morgan fingerprint density at radius 3 is 2.15 bits per heavy atom. The maximum Gasteiger partial charge on any atom is 0.338 e. The molecule has 0 spiro atoms. The fourth-order valence-corrected chi connectivity index (χ4v) is 5.50. The Kier molecular flexibility index (Phi) is 7.39. The zero-order chi connectivity index (χ0) is 24.4. The quantitative estimate of drug-likeness (QED) is 0.537. The molecule has 0 radical (unpaired) electrons. The molecule has 1 heterocycles. The molecule has 0 aliphatic carbocycles. The van der Waals surface area contributed by atoms with E-state index in [1.54, 1.807) is 48.5 Å². The fourth-order valence-electron chi connectivity index (χ4n) is 4.26. The van der Waals surface area contributed by atoms with E-state index in [0.717, 1.165) is 0 Å². The van der Waals surface area contributed by atoms with Crippen molar-refractivity contribution in [2.75, 3.05) is 0 Å². The number of esters is 1. The van der Waals surface area contributed by atoms with Crippen molar-refractivity contribution in [1.29, 1.82) is 0 Å². The van der Waals surface area contributed by atoms with Crippen molar-refractivity contribution in [1.82, 2.24) is 5.06 Å². The molecule has 8 heteroatoms. The van der Waals surface area contributed by atoms with Crippen LogP contribution in [0.2, 0.25) is 5.02 Å². The number of nitrogens with zero attached hydrogens (tertiary/aromatic N) is 1. The number of hydroxylamine groups is 2. The maximum absolute atomic E-state index is 12.7. The SMILES string of the molecule is CC1(C)CC(OC(=O)c2ccc(/C=C/S(=O)(=O)Cc3ccc(Cl)cc3)cc2)CC(C)(C)N1O. The molecule has 1 aliphatic rings. The molecule has 1 aliphatic heterocycles. The molecular formula is C25H30ClNO5S. The first-order chi connectivity index (χ1) is 15.3. The molecule has 0 bridgehead atoms. The van der Waals surface area contributed by atoms with Crippen molar-refractivity contribution in [3.05, 3.63) is 75.7 Å². The van der Waals surface area contributed by atoms with Crippen LogP contribution in [0, 0.1) is 0 Å². The topological polar surface area (TPSA) is 83.9 Å². The Labute approximate surface area is 200 Å². The van der Waals surface area contributed by atoms with E-state index in [9.17, 15) is 18.4 Å². The van der Waals surface area contributed by atoms with Gasteiger partial charge in [0.2, 0.25) is 0 Å². The van der Waals surface area contributed by atoms with Gasteiger partial charge in [-0.05, 0) is 69.2 Å². The Balaban J connectivity index is 1.62. The lowest BCUT2D eigenvalue weighted by atomic mass is 9.80. The number of carbonyl (C=O) groups is 1. The predicted octanol–water partition coefficient (Wildman–Crippen LogP) is 5.49. The lowest BCUT2D eigenvalue weighted by molar-refractivity contribution is -0.256. The second-order valence-electron chi connectivity index (χ2n) is 9.73. The van der Waals surface area contributed by atoms with E-state index in [4.69, 9.17) is 16.3 Å². The van der Waals surface area contributed by atoms with Gasteiger partial charge in [0, 0.05) is 34.4 Å². The number of carbonyl (C=O) groups excluding carboxylic acids is 1. The molecule has 0 saturated carbocycles. The largest absolute Gasteiger partial charge is 0.459 e. The summed E-state index contributed by atoms with van der Waals surface area (Å²) in [6, 6.07) is 13.3. The zero-order valence-corrected chi connectivity index (χ0v) is 20.9. The lowest BCUT2D eigenvalue weighted by Crippen LogP contribution is -2.60. The Hall–Kier alpha value is -2.19. The van der Waals surface area contributed by atoms with Crippen LogP contribution >= 0.6 is 11.6 Å². The highest BCUT2D eigenvalue weighted by Gasteiger charge is 2.46. The highest BCUT2D eigenvalue weighted by atomic mass is 35.5. The zero-order valence-electron chi connectivity index (χ0n) is 19.3. The van der Waals surface area contributed by atoms with Gasteiger partial charge in [-0.1, -0.05) is 35.9 Å². The molecule has 2 aromatic carbocycles. The Bertz CT molecular complexity index is 1100. The smallest absolute Gasteiger partial charge is 0.338 e. The van der Waals surface area contributed by atoms with Crippen LogP contribution in [0.15, 0.2) is 53.9 Å². The summed E-state index contributed by atoms with van der Waals surface area (Å²) in [5, 5.41) is 13.5. The molecule has 1 saturated heterocycles. The van der Waals surface area contributed by atoms with Gasteiger partial charge in [-0.3, -0.25) is 0 Å². The van der Waals surface area contributed by atoms with Gasteiger partial charge in [-0.2, -0.15) is 5.06 Å². The third-order valence-corrected chi connectivity index (χ3v) is 7.31. The van der Waals surface area contributed by atoms with Gasteiger partial charge in [0.05, 0.1) is 11.3 Å². The summed E-state index contributed by atoms with van der Waals surface area (Å²) in [6.45, 7) is 7.65. The Morgan fingerprint density at radius 1 is 1.06 bits per heavy atom. The van der Waals surface area contributed by atoms with E-state index in [-0.39, 0.29) is 11.9 Å². The summed E-state index contributed by atoms with van der Waals surface area (Å²) >= 11 is 5.84. The van der Waals surface area contributed by atoms with Crippen molar-refractivity contribution in [2.24, 2.45) is 0 Å². The van der Waals surface area contributed by atoms with Gasteiger partial charge in [-0.15, -0.1) is 0 Å². The number of piperidine rings is 1. The molecule has 178 valence electrons. The summed E-state index contributed by atoms with van der Waals surface area (Å²) < 4.78 is 30.5. The van der Waals surface area contributed by atoms with E-state index < -0.39 is 26.9 Å². The predicted molar refractivity (Wildman–Crippen MR) is 130 cm³/mol. The van der Waals surface area contributed by atoms with Crippen LogP contribution < -0.4 is 0 Å². The minimum absolute atomic E-state index is 0.121. The molecule has 1 fully saturated rings. The van der Waals surface area contributed by atoms with E-state index in [1.807, 2.05) is 27.7 Å². The highest BCUT2D eigenvalue weighted by Crippen LogP contribution is 2.38. The third-order valence-electron chi connectivity index (χ3n) is 5.77. The second kappa shape index (κ2) is 9.58. The highest BCUT2D eigenvalue weighted by molar-refractivity contribution is 7.93. The number of rotatable bonds is 6. The van der Waals surface area contributed by atoms with E-state index in [0.29, 0.717) is 34.6 Å². The van der Waals surface area contributed by atoms with Crippen molar-refractivity contribution in [2.45, 2.75) is 63.5 Å². The minimum Gasteiger partial charge on any atom is -0.459 e. The van der Waals surface area contributed by atoms with Gasteiger partial charge in [-0.25, -0.2) is 13.2 Å². The number of benzene rings is 2. The minimum atomic E-state index is -3.46. The standard InChI is InChI=1S/C25H30ClNO5S/c1-24(2)15-22(16-25(3,4)27(24)29)32-23(28)20-9-5-18(6-10-20)13-14-33(30,31)17-19-7-11-21(26)12-8-19/h5-14,22,29H,15-17H2,1-4H3/b14-13+. The average Bonchev–Trinajstić information content (AvgIpc) is 2.72. The summed E-state index contributed by atoms with van der Waals surface area (Å²) in [4.78, 5) is 12.7. The first-order valence-electron chi connectivity index (χ1n) is 10.7. The number of sulfone groups is 1. The van der Waals surface area contributed by atoms with E-state index in [2.05, 4.69) is 0 Å². The van der Waals surface area contributed by atoms with Crippen molar-refractivity contribution >= 4 is 33.5 Å². The van der Waals surface area contributed by atoms with Gasteiger partial charge >= 0.3 is 5.97 Å². The van der Waals surface area contributed by atoms with Gasteiger partial charge in [0.1, 0.15) is 6.10 Å². The molecule has 2 aromatic rings. The van der Waals surface area contributed by atoms with Gasteiger partial charge in [0.25, 0.3) is 0 Å². The lowest BCUT2D eigenvalue weighted by Gasteiger charge is -2.50. The van der Waals surface area contributed by atoms with Crippen LogP contribution in [-0.4, -0.2) is 41.8 Å². The normalized spacial score (nSPS) is 19.0. The van der Waals surface area contributed by atoms with Crippen LogP contribution in [0.25, 0.3) is 6.08 Å². The molecule has 3 rings (SSSR count). The maximum atomic E-state index is 12.7. The molecule has 6 nitrogen and oxygen atoms in total. The first-order valence-corrected chi connectivity index (χ1v) is 12.8. The van der Waals surface area contributed by atoms with Crippen molar-refractivity contribution in [3.8, 4) is 0 Å². The monoisotopic (exact) mass is 491 g/mol. The van der Waals surface area contributed by atoms with Crippen LogP contribution in [0.4, 0.5) is 0 Å². The Morgan fingerprint density at radius 2 is 1.61 bits per heavy atom. The van der Waals surface area contributed by atoms with Crippen LogP contribution in [0.3, 0.4) is 0 Å². The van der Waals surface area contributed by atoms with E-state index >= 15 is 0 Å². The first kappa shape index (κ1) is 25.4. The van der Waals surface area contributed by atoms with Crippen LogP contribution in [-0.2, 0) is 20.3 Å². The summed E-state index contributed by atoms with van der Waals surface area (Å²) in [5.41, 5.74) is 0.665.